The zero-order valence-corrected chi connectivity index (χ0v) is 16.0. The van der Waals surface area contributed by atoms with Crippen LogP contribution >= 0.6 is 0 Å². The molecule has 0 spiro atoms. The van der Waals surface area contributed by atoms with Crippen molar-refractivity contribution < 1.29 is 32.7 Å². The maximum absolute atomic E-state index is 4.55. The Balaban J connectivity index is 0.00000121. The summed E-state index contributed by atoms with van der Waals surface area (Å²) in [6, 6.07) is 10.3. The molecule has 113 valence electrons. The number of benzene rings is 1. The van der Waals surface area contributed by atoms with Crippen molar-refractivity contribution in [1.82, 2.24) is 19.6 Å². The van der Waals surface area contributed by atoms with Crippen LogP contribution in [-0.2, 0) is 39.1 Å². The Morgan fingerprint density at radius 1 is 1.18 bits per heavy atom. The summed E-state index contributed by atoms with van der Waals surface area (Å²) >= 11 is 0. The number of aryl methyl sites for hydroxylation is 2. The number of rotatable bonds is 4. The van der Waals surface area contributed by atoms with Crippen LogP contribution in [-0.4, -0.2) is 19.6 Å². The molecule has 0 aliphatic heterocycles. The molecular formula is C17H20N4Y-2. The minimum atomic E-state index is 0. The van der Waals surface area contributed by atoms with E-state index in [-0.39, 0.29) is 40.1 Å². The first-order chi connectivity index (χ1) is 9.81. The third kappa shape index (κ3) is 3.61. The maximum Gasteiger partial charge on any atom is 0.252 e. The summed E-state index contributed by atoms with van der Waals surface area (Å²) in [5.41, 5.74) is 4.50. The van der Waals surface area contributed by atoms with Gasteiger partial charge in [-0.05, 0) is 18.9 Å². The molecule has 1 aromatic carbocycles. The standard InChI is InChI=1S/C16H17N4.CH3.Y/c1-3-4-10-14-15(13-8-6-5-7-9-13)12(2)19-16-17-11-18-20(14)16;;/h5-9,11H,1,3-4,10H2,2H3;1H3;/q2*-1;. The molecule has 2 heterocycles. The molecule has 1 radical (unpaired) electrons. The maximum atomic E-state index is 4.55. The molecule has 0 saturated carbocycles. The Morgan fingerprint density at radius 2 is 1.91 bits per heavy atom. The Kier molecular flexibility index (Phi) is 7.30. The molecule has 0 bridgehead atoms. The number of fused-ring (bicyclic) bond motifs is 1. The smallest absolute Gasteiger partial charge is 0.252 e. The van der Waals surface area contributed by atoms with E-state index in [4.69, 9.17) is 0 Å². The van der Waals surface area contributed by atoms with Crippen LogP contribution in [0.4, 0.5) is 0 Å². The van der Waals surface area contributed by atoms with Gasteiger partial charge in [0.25, 0.3) is 5.78 Å². The SMILES string of the molecule is [CH2-]CCCc1c(-c2ccccc2)c(C)nc2ncnn12.[CH3-].[Y]. The fourth-order valence-corrected chi connectivity index (χ4v) is 2.53. The van der Waals surface area contributed by atoms with Crippen molar-refractivity contribution in [2.45, 2.75) is 26.2 Å². The third-order valence-electron chi connectivity index (χ3n) is 3.43. The van der Waals surface area contributed by atoms with E-state index in [2.05, 4.69) is 34.1 Å². The normalized spacial score (nSPS) is 10.1. The molecular weight excluding hydrogens is 349 g/mol. The molecule has 0 aliphatic rings. The minimum Gasteiger partial charge on any atom is -0.358 e. The van der Waals surface area contributed by atoms with Crippen LogP contribution in [0.1, 0.15) is 24.2 Å². The van der Waals surface area contributed by atoms with Gasteiger partial charge in [-0.3, -0.25) is 0 Å². The number of aromatic nitrogens is 4. The molecule has 4 nitrogen and oxygen atoms in total. The van der Waals surface area contributed by atoms with Gasteiger partial charge in [0.2, 0.25) is 0 Å². The summed E-state index contributed by atoms with van der Waals surface area (Å²) < 4.78 is 1.85. The average Bonchev–Trinajstić information content (AvgIpc) is 2.93. The zero-order valence-electron chi connectivity index (χ0n) is 13.2. The summed E-state index contributed by atoms with van der Waals surface area (Å²) in [4.78, 5) is 8.76. The van der Waals surface area contributed by atoms with E-state index in [1.807, 2.05) is 29.6 Å². The average molecular weight is 369 g/mol. The summed E-state index contributed by atoms with van der Waals surface area (Å²) in [7, 11) is 0. The Bertz CT molecular complexity index is 722. The van der Waals surface area contributed by atoms with Crippen LogP contribution in [0.15, 0.2) is 36.7 Å². The summed E-state index contributed by atoms with van der Waals surface area (Å²) in [6.07, 6.45) is 4.42. The second-order valence-electron chi connectivity index (χ2n) is 4.81. The monoisotopic (exact) mass is 369 g/mol. The fraction of sp³-hybridized carbons (Fsp3) is 0.235. The minimum absolute atomic E-state index is 0. The predicted molar refractivity (Wildman–Crippen MR) is 85.7 cm³/mol. The first kappa shape index (κ1) is 18.9. The van der Waals surface area contributed by atoms with Crippen molar-refractivity contribution in [3.63, 3.8) is 0 Å². The fourth-order valence-electron chi connectivity index (χ4n) is 2.53. The van der Waals surface area contributed by atoms with Crippen molar-refractivity contribution in [2.75, 3.05) is 0 Å². The largest absolute Gasteiger partial charge is 0.358 e. The van der Waals surface area contributed by atoms with Crippen LogP contribution in [0.3, 0.4) is 0 Å². The van der Waals surface area contributed by atoms with Crippen molar-refractivity contribution in [2.24, 2.45) is 0 Å². The second kappa shape index (κ2) is 8.49. The number of nitrogens with zero attached hydrogens (tertiary/aromatic N) is 4. The van der Waals surface area contributed by atoms with Crippen molar-refractivity contribution >= 4 is 5.78 Å². The molecule has 2 aromatic heterocycles. The van der Waals surface area contributed by atoms with Gasteiger partial charge in [0.1, 0.15) is 6.33 Å². The Labute approximate surface area is 157 Å². The molecule has 0 N–H and O–H groups in total. The van der Waals surface area contributed by atoms with E-state index in [9.17, 15) is 0 Å². The van der Waals surface area contributed by atoms with E-state index in [0.717, 1.165) is 30.5 Å². The topological polar surface area (TPSA) is 43.1 Å². The van der Waals surface area contributed by atoms with Crippen molar-refractivity contribution in [3.05, 3.63) is 62.4 Å². The van der Waals surface area contributed by atoms with E-state index in [1.165, 1.54) is 11.3 Å². The predicted octanol–water partition coefficient (Wildman–Crippen LogP) is 3.70. The Hall–Kier alpha value is -1.13. The van der Waals surface area contributed by atoms with E-state index >= 15 is 0 Å². The third-order valence-corrected chi connectivity index (χ3v) is 3.43. The van der Waals surface area contributed by atoms with Crippen molar-refractivity contribution in [3.8, 4) is 11.1 Å². The van der Waals surface area contributed by atoms with Gasteiger partial charge in [0.05, 0.1) is 11.4 Å². The summed E-state index contributed by atoms with van der Waals surface area (Å²) in [5, 5.41) is 4.32. The van der Waals surface area contributed by atoms with Gasteiger partial charge in [-0.2, -0.15) is 16.5 Å². The van der Waals surface area contributed by atoms with Gasteiger partial charge in [0, 0.05) is 38.3 Å². The van der Waals surface area contributed by atoms with E-state index in [0.29, 0.717) is 5.78 Å². The molecule has 0 aliphatic carbocycles. The van der Waals surface area contributed by atoms with E-state index in [1.54, 1.807) is 6.33 Å². The summed E-state index contributed by atoms with van der Waals surface area (Å²) in [5.74, 6) is 0.668. The van der Waals surface area contributed by atoms with Crippen molar-refractivity contribution in [1.29, 1.82) is 0 Å². The first-order valence-corrected chi connectivity index (χ1v) is 6.85. The summed E-state index contributed by atoms with van der Waals surface area (Å²) in [6.45, 7) is 5.96. The van der Waals surface area contributed by atoms with Gasteiger partial charge >= 0.3 is 0 Å². The van der Waals surface area contributed by atoms with E-state index < -0.39 is 0 Å². The first-order valence-electron chi connectivity index (χ1n) is 6.85. The molecule has 22 heavy (non-hydrogen) atoms. The van der Waals surface area contributed by atoms with Gasteiger partial charge < -0.3 is 14.4 Å². The zero-order chi connectivity index (χ0) is 13.9. The van der Waals surface area contributed by atoms with Crippen LogP contribution in [0, 0.1) is 21.3 Å². The molecule has 0 unspecified atom stereocenters. The van der Waals surface area contributed by atoms with Crippen LogP contribution in [0.5, 0.6) is 0 Å². The number of hydrogen-bond donors (Lipinski definition) is 0. The van der Waals surface area contributed by atoms with Gasteiger partial charge in [-0.25, -0.2) is 9.50 Å². The van der Waals surface area contributed by atoms with Crippen LogP contribution < -0.4 is 0 Å². The molecule has 0 saturated heterocycles. The molecule has 3 rings (SSSR count). The molecule has 3 aromatic rings. The van der Waals surface area contributed by atoms with Crippen LogP contribution in [0.25, 0.3) is 16.9 Å². The molecule has 0 atom stereocenters. The Morgan fingerprint density at radius 3 is 2.59 bits per heavy atom. The number of hydrogen-bond acceptors (Lipinski definition) is 3. The van der Waals surface area contributed by atoms with Crippen LogP contribution in [0.2, 0.25) is 0 Å². The van der Waals surface area contributed by atoms with Gasteiger partial charge in [-0.15, -0.1) is 0 Å². The molecule has 0 amide bonds. The number of unbranched alkanes of at least 4 members (excludes halogenated alkanes) is 1. The second-order valence-corrected chi connectivity index (χ2v) is 4.81. The molecule has 0 fully saturated rings. The molecule has 5 heteroatoms. The van der Waals surface area contributed by atoms with Gasteiger partial charge in [0.15, 0.2) is 0 Å². The van der Waals surface area contributed by atoms with Gasteiger partial charge in [-0.1, -0.05) is 36.8 Å². The quantitative estimate of drug-likeness (QED) is 0.659.